The average Bonchev–Trinajstić information content (AvgIpc) is 2.37. The molecule has 0 heterocycles. The van der Waals surface area contributed by atoms with Crippen molar-refractivity contribution in [2.24, 2.45) is 17.1 Å². The molecule has 0 fully saturated rings. The van der Waals surface area contributed by atoms with Crippen molar-refractivity contribution in [3.05, 3.63) is 23.2 Å². The van der Waals surface area contributed by atoms with E-state index in [0.717, 1.165) is 6.42 Å². The first kappa shape index (κ1) is 16.8. The lowest BCUT2D eigenvalue weighted by Gasteiger charge is -2.24. The predicted molar refractivity (Wildman–Crippen MR) is 83.3 cm³/mol. The molecule has 1 atom stereocenters. The Morgan fingerprint density at radius 2 is 2.10 bits per heavy atom. The van der Waals surface area contributed by atoms with Crippen LogP contribution in [0, 0.1) is 11.3 Å². The number of rotatable bonds is 5. The zero-order valence-electron chi connectivity index (χ0n) is 12.5. The van der Waals surface area contributed by atoms with E-state index in [9.17, 15) is 4.79 Å². The number of nitrogens with two attached hydrogens (primary N) is 1. The SMILES string of the molecule is COc1cc(NC(=O)C(CN)CC(C)(C)C)ccc1Cl. The summed E-state index contributed by atoms with van der Waals surface area (Å²) in [5.41, 5.74) is 6.42. The molecule has 0 saturated carbocycles. The molecule has 0 saturated heterocycles. The Hall–Kier alpha value is -1.26. The lowest BCUT2D eigenvalue weighted by molar-refractivity contribution is -0.120. The van der Waals surface area contributed by atoms with Gasteiger partial charge in [-0.1, -0.05) is 32.4 Å². The lowest BCUT2D eigenvalue weighted by Crippen LogP contribution is -2.32. The van der Waals surface area contributed by atoms with Crippen molar-refractivity contribution < 1.29 is 9.53 Å². The minimum atomic E-state index is -0.211. The standard InChI is InChI=1S/C15H23ClN2O2/c1-15(2,3)8-10(9-17)14(19)18-11-5-6-12(16)13(7-11)20-4/h5-7,10H,8-9,17H2,1-4H3,(H,18,19). The van der Waals surface area contributed by atoms with Gasteiger partial charge in [-0.15, -0.1) is 0 Å². The summed E-state index contributed by atoms with van der Waals surface area (Å²) < 4.78 is 5.13. The van der Waals surface area contributed by atoms with Gasteiger partial charge in [-0.2, -0.15) is 0 Å². The molecule has 1 unspecified atom stereocenters. The fourth-order valence-electron chi connectivity index (χ4n) is 2.00. The maximum Gasteiger partial charge on any atom is 0.228 e. The van der Waals surface area contributed by atoms with E-state index in [0.29, 0.717) is 23.0 Å². The van der Waals surface area contributed by atoms with Crippen molar-refractivity contribution in [3.63, 3.8) is 0 Å². The largest absolute Gasteiger partial charge is 0.495 e. The molecule has 1 aromatic carbocycles. The topological polar surface area (TPSA) is 64.3 Å². The number of ether oxygens (including phenoxy) is 1. The van der Waals surface area contributed by atoms with E-state index in [1.807, 2.05) is 0 Å². The number of amides is 1. The van der Waals surface area contributed by atoms with E-state index in [-0.39, 0.29) is 17.2 Å². The van der Waals surface area contributed by atoms with Crippen LogP contribution in [0.5, 0.6) is 5.75 Å². The molecular formula is C15H23ClN2O2. The second-order valence-electron chi connectivity index (χ2n) is 6.04. The van der Waals surface area contributed by atoms with Crippen LogP contribution >= 0.6 is 11.6 Å². The highest BCUT2D eigenvalue weighted by atomic mass is 35.5. The van der Waals surface area contributed by atoms with Crippen LogP contribution < -0.4 is 15.8 Å². The Kier molecular flexibility index (Phi) is 5.84. The Morgan fingerprint density at radius 3 is 2.60 bits per heavy atom. The van der Waals surface area contributed by atoms with Crippen molar-refractivity contribution in [3.8, 4) is 5.75 Å². The van der Waals surface area contributed by atoms with Crippen molar-refractivity contribution in [2.45, 2.75) is 27.2 Å². The van der Waals surface area contributed by atoms with Crippen LogP contribution in [0.25, 0.3) is 0 Å². The first-order chi connectivity index (χ1) is 9.26. The number of carbonyl (C=O) groups is 1. The Morgan fingerprint density at radius 1 is 1.45 bits per heavy atom. The van der Waals surface area contributed by atoms with Gasteiger partial charge in [0.25, 0.3) is 0 Å². The van der Waals surface area contributed by atoms with Crippen LogP contribution in [0.4, 0.5) is 5.69 Å². The van der Waals surface area contributed by atoms with Crippen LogP contribution in [-0.2, 0) is 4.79 Å². The van der Waals surface area contributed by atoms with Gasteiger partial charge in [0, 0.05) is 18.3 Å². The molecule has 0 spiro atoms. The van der Waals surface area contributed by atoms with E-state index in [1.54, 1.807) is 18.2 Å². The molecular weight excluding hydrogens is 276 g/mol. The van der Waals surface area contributed by atoms with Gasteiger partial charge in [-0.25, -0.2) is 0 Å². The van der Waals surface area contributed by atoms with Crippen molar-refractivity contribution in [1.29, 1.82) is 0 Å². The van der Waals surface area contributed by atoms with E-state index < -0.39 is 0 Å². The molecule has 112 valence electrons. The fourth-order valence-corrected chi connectivity index (χ4v) is 2.20. The number of nitrogens with one attached hydrogen (secondary N) is 1. The number of benzene rings is 1. The molecule has 3 N–H and O–H groups in total. The van der Waals surface area contributed by atoms with Gasteiger partial charge >= 0.3 is 0 Å². The Balaban J connectivity index is 2.78. The maximum absolute atomic E-state index is 12.2. The average molecular weight is 299 g/mol. The number of carbonyl (C=O) groups excluding carboxylic acids is 1. The summed E-state index contributed by atoms with van der Waals surface area (Å²) >= 11 is 5.95. The summed E-state index contributed by atoms with van der Waals surface area (Å²) in [6.45, 7) is 6.60. The first-order valence-corrected chi connectivity index (χ1v) is 6.99. The van der Waals surface area contributed by atoms with E-state index in [1.165, 1.54) is 7.11 Å². The number of hydrogen-bond donors (Lipinski definition) is 2. The zero-order valence-corrected chi connectivity index (χ0v) is 13.3. The summed E-state index contributed by atoms with van der Waals surface area (Å²) in [6.07, 6.45) is 0.736. The maximum atomic E-state index is 12.2. The summed E-state index contributed by atoms with van der Waals surface area (Å²) in [7, 11) is 1.54. The van der Waals surface area contributed by atoms with Gasteiger partial charge in [0.2, 0.25) is 5.91 Å². The normalized spacial score (nSPS) is 12.9. The number of anilines is 1. The fraction of sp³-hybridized carbons (Fsp3) is 0.533. The number of methoxy groups -OCH3 is 1. The molecule has 1 rings (SSSR count). The zero-order chi connectivity index (χ0) is 15.3. The van der Waals surface area contributed by atoms with Gasteiger partial charge in [-0.3, -0.25) is 4.79 Å². The van der Waals surface area contributed by atoms with Crippen LogP contribution in [0.1, 0.15) is 27.2 Å². The van der Waals surface area contributed by atoms with Crippen LogP contribution in [0.3, 0.4) is 0 Å². The molecule has 4 nitrogen and oxygen atoms in total. The first-order valence-electron chi connectivity index (χ1n) is 6.61. The van der Waals surface area contributed by atoms with Crippen LogP contribution in [0.2, 0.25) is 5.02 Å². The van der Waals surface area contributed by atoms with Gasteiger partial charge < -0.3 is 15.8 Å². The molecule has 1 amide bonds. The molecule has 0 aromatic heterocycles. The lowest BCUT2D eigenvalue weighted by atomic mass is 9.84. The summed E-state index contributed by atoms with van der Waals surface area (Å²) in [6, 6.07) is 5.13. The van der Waals surface area contributed by atoms with Gasteiger partial charge in [-0.05, 0) is 24.0 Å². The smallest absolute Gasteiger partial charge is 0.228 e. The predicted octanol–water partition coefficient (Wildman–Crippen LogP) is 3.30. The highest BCUT2D eigenvalue weighted by molar-refractivity contribution is 6.32. The third-order valence-electron chi connectivity index (χ3n) is 2.93. The second kappa shape index (κ2) is 6.95. The molecule has 0 bridgehead atoms. The molecule has 5 heteroatoms. The molecule has 0 aliphatic carbocycles. The van der Waals surface area contributed by atoms with Crippen molar-refractivity contribution >= 4 is 23.2 Å². The van der Waals surface area contributed by atoms with Gasteiger partial charge in [0.15, 0.2) is 0 Å². The monoisotopic (exact) mass is 298 g/mol. The highest BCUT2D eigenvalue weighted by Gasteiger charge is 2.23. The van der Waals surface area contributed by atoms with Crippen LogP contribution in [0.15, 0.2) is 18.2 Å². The highest BCUT2D eigenvalue weighted by Crippen LogP contribution is 2.29. The van der Waals surface area contributed by atoms with Gasteiger partial charge in [0.1, 0.15) is 5.75 Å². The molecule has 1 aromatic rings. The van der Waals surface area contributed by atoms with E-state index in [2.05, 4.69) is 26.1 Å². The van der Waals surface area contributed by atoms with E-state index in [4.69, 9.17) is 22.1 Å². The third-order valence-corrected chi connectivity index (χ3v) is 3.24. The van der Waals surface area contributed by atoms with Crippen molar-refractivity contribution in [2.75, 3.05) is 19.0 Å². The molecule has 20 heavy (non-hydrogen) atoms. The van der Waals surface area contributed by atoms with E-state index >= 15 is 0 Å². The minimum absolute atomic E-state index is 0.0546. The molecule has 0 radical (unpaired) electrons. The Labute approximate surface area is 125 Å². The summed E-state index contributed by atoms with van der Waals surface area (Å²) in [4.78, 5) is 12.2. The number of hydrogen-bond acceptors (Lipinski definition) is 3. The quantitative estimate of drug-likeness (QED) is 0.876. The summed E-state index contributed by atoms with van der Waals surface area (Å²) in [5, 5.41) is 3.37. The minimum Gasteiger partial charge on any atom is -0.495 e. The van der Waals surface area contributed by atoms with Crippen LogP contribution in [-0.4, -0.2) is 19.6 Å². The van der Waals surface area contributed by atoms with Crippen molar-refractivity contribution in [1.82, 2.24) is 0 Å². The molecule has 0 aliphatic heterocycles. The second-order valence-corrected chi connectivity index (χ2v) is 6.44. The third kappa shape index (κ3) is 5.02. The summed E-state index contributed by atoms with van der Waals surface area (Å²) in [5.74, 6) is 0.244. The van der Waals surface area contributed by atoms with Gasteiger partial charge in [0.05, 0.1) is 18.1 Å². The molecule has 0 aliphatic rings. The Bertz CT molecular complexity index is 469. The number of halogens is 1.